The van der Waals surface area contributed by atoms with Gasteiger partial charge in [0.15, 0.2) is 5.78 Å². The minimum atomic E-state index is -4.35. The third-order valence-electron chi connectivity index (χ3n) is 3.84. The largest absolute Gasteiger partial charge is 0.416 e. The molecule has 1 heterocycles. The molecule has 0 fully saturated rings. The molecule has 3 rings (SSSR count). The Balaban J connectivity index is 2.03. The van der Waals surface area contributed by atoms with Gasteiger partial charge in [-0.1, -0.05) is 15.9 Å². The Kier molecular flexibility index (Phi) is 4.19. The van der Waals surface area contributed by atoms with Crippen molar-refractivity contribution in [2.75, 3.05) is 11.4 Å². The van der Waals surface area contributed by atoms with E-state index in [0.29, 0.717) is 30.6 Å². The number of fused-ring (bicyclic) bond motifs is 1. The van der Waals surface area contributed by atoms with Gasteiger partial charge in [-0.15, -0.1) is 0 Å². The molecule has 0 saturated heterocycles. The van der Waals surface area contributed by atoms with Crippen LogP contribution in [0.1, 0.15) is 28.8 Å². The van der Waals surface area contributed by atoms with E-state index in [-0.39, 0.29) is 5.78 Å². The van der Waals surface area contributed by atoms with Crippen LogP contribution in [0.4, 0.5) is 24.5 Å². The number of carbonyl (C=O) groups excluding carboxylic acids is 1. The van der Waals surface area contributed by atoms with Gasteiger partial charge in [0, 0.05) is 28.7 Å². The summed E-state index contributed by atoms with van der Waals surface area (Å²) in [6, 6.07) is 10.4. The summed E-state index contributed by atoms with van der Waals surface area (Å²) in [5, 5.41) is 0. The number of alkyl halides is 3. The van der Waals surface area contributed by atoms with Crippen LogP contribution in [0.25, 0.3) is 0 Å². The number of Topliss-reactive ketones (excluding diaryl/α,β-unsaturated/α-hetero) is 1. The first-order chi connectivity index (χ1) is 10.9. The molecule has 2 aromatic rings. The molecule has 0 aromatic heterocycles. The summed E-state index contributed by atoms with van der Waals surface area (Å²) >= 11 is 3.36. The zero-order valence-corrected chi connectivity index (χ0v) is 13.6. The standard InChI is InChI=1S/C17H13BrF3NO/c18-12-5-8-15-14(10-12)16(23)2-1-9-22(15)13-6-3-11(4-7-13)17(19,20)21/h3-8,10H,1-2,9H2. The van der Waals surface area contributed by atoms with Crippen LogP contribution in [0.5, 0.6) is 0 Å². The average Bonchev–Trinajstić information content (AvgIpc) is 2.66. The fourth-order valence-corrected chi connectivity index (χ4v) is 3.08. The van der Waals surface area contributed by atoms with E-state index in [1.54, 1.807) is 6.07 Å². The van der Waals surface area contributed by atoms with Gasteiger partial charge in [-0.25, -0.2) is 0 Å². The Morgan fingerprint density at radius 3 is 2.39 bits per heavy atom. The number of hydrogen-bond acceptors (Lipinski definition) is 2. The van der Waals surface area contributed by atoms with E-state index < -0.39 is 11.7 Å². The molecule has 0 saturated carbocycles. The molecule has 0 atom stereocenters. The summed E-state index contributed by atoms with van der Waals surface area (Å²) < 4.78 is 38.9. The molecule has 0 bridgehead atoms. The van der Waals surface area contributed by atoms with E-state index in [0.717, 1.165) is 22.3 Å². The number of carbonyl (C=O) groups is 1. The molecule has 0 unspecified atom stereocenters. The maximum Gasteiger partial charge on any atom is 0.416 e. The normalized spacial score (nSPS) is 15.3. The topological polar surface area (TPSA) is 20.3 Å². The van der Waals surface area contributed by atoms with Crippen molar-refractivity contribution in [3.05, 3.63) is 58.1 Å². The Bertz CT molecular complexity index is 740. The predicted molar refractivity (Wildman–Crippen MR) is 86.2 cm³/mol. The molecule has 0 N–H and O–H groups in total. The zero-order chi connectivity index (χ0) is 16.6. The average molecular weight is 384 g/mol. The number of hydrogen-bond donors (Lipinski definition) is 0. The minimum Gasteiger partial charge on any atom is -0.341 e. The lowest BCUT2D eigenvalue weighted by Gasteiger charge is -2.25. The molecule has 0 spiro atoms. The van der Waals surface area contributed by atoms with E-state index in [1.807, 2.05) is 17.0 Å². The number of benzene rings is 2. The first kappa shape index (κ1) is 16.1. The van der Waals surface area contributed by atoms with E-state index in [9.17, 15) is 18.0 Å². The summed E-state index contributed by atoms with van der Waals surface area (Å²) in [7, 11) is 0. The molecule has 1 aliphatic rings. The predicted octanol–water partition coefficient (Wildman–Crippen LogP) is 5.58. The third-order valence-corrected chi connectivity index (χ3v) is 4.33. The highest BCUT2D eigenvalue weighted by Crippen LogP contribution is 2.36. The lowest BCUT2D eigenvalue weighted by atomic mass is 10.1. The minimum absolute atomic E-state index is 0.0516. The Morgan fingerprint density at radius 2 is 1.74 bits per heavy atom. The molecular formula is C17H13BrF3NO. The van der Waals surface area contributed by atoms with Crippen LogP contribution >= 0.6 is 15.9 Å². The van der Waals surface area contributed by atoms with Gasteiger partial charge in [0.05, 0.1) is 11.3 Å². The SMILES string of the molecule is O=C1CCCN(c2ccc(C(F)(F)F)cc2)c2ccc(Br)cc21. The molecule has 6 heteroatoms. The molecule has 120 valence electrons. The first-order valence-electron chi connectivity index (χ1n) is 7.14. The van der Waals surface area contributed by atoms with Crippen LogP contribution in [0.3, 0.4) is 0 Å². The summed E-state index contributed by atoms with van der Waals surface area (Å²) in [5.74, 6) is 0.0516. The van der Waals surface area contributed by atoms with Crippen LogP contribution in [0.2, 0.25) is 0 Å². The van der Waals surface area contributed by atoms with Crippen molar-refractivity contribution in [1.82, 2.24) is 0 Å². The fraction of sp³-hybridized carbons (Fsp3) is 0.235. The van der Waals surface area contributed by atoms with Crippen molar-refractivity contribution in [1.29, 1.82) is 0 Å². The lowest BCUT2D eigenvalue weighted by Crippen LogP contribution is -2.18. The van der Waals surface area contributed by atoms with Gasteiger partial charge in [-0.2, -0.15) is 13.2 Å². The maximum absolute atomic E-state index is 12.7. The second-order valence-corrected chi connectivity index (χ2v) is 6.30. The van der Waals surface area contributed by atoms with Crippen molar-refractivity contribution < 1.29 is 18.0 Å². The van der Waals surface area contributed by atoms with Gasteiger partial charge in [0.1, 0.15) is 0 Å². The van der Waals surface area contributed by atoms with Gasteiger partial charge in [0.25, 0.3) is 0 Å². The van der Waals surface area contributed by atoms with E-state index >= 15 is 0 Å². The highest BCUT2D eigenvalue weighted by atomic mass is 79.9. The number of anilines is 2. The van der Waals surface area contributed by atoms with Gasteiger partial charge >= 0.3 is 6.18 Å². The van der Waals surface area contributed by atoms with Crippen molar-refractivity contribution in [2.45, 2.75) is 19.0 Å². The fourth-order valence-electron chi connectivity index (χ4n) is 2.72. The highest BCUT2D eigenvalue weighted by Gasteiger charge is 2.30. The summed E-state index contributed by atoms with van der Waals surface area (Å²) in [4.78, 5) is 14.1. The van der Waals surface area contributed by atoms with Crippen LogP contribution < -0.4 is 4.90 Å². The van der Waals surface area contributed by atoms with E-state index in [1.165, 1.54) is 12.1 Å². The maximum atomic E-state index is 12.7. The quantitative estimate of drug-likeness (QED) is 0.640. The Morgan fingerprint density at radius 1 is 1.04 bits per heavy atom. The highest BCUT2D eigenvalue weighted by molar-refractivity contribution is 9.10. The van der Waals surface area contributed by atoms with Crippen molar-refractivity contribution in [2.24, 2.45) is 0 Å². The summed E-state index contributed by atoms with van der Waals surface area (Å²) in [6.07, 6.45) is -3.26. The zero-order valence-electron chi connectivity index (χ0n) is 12.0. The second kappa shape index (κ2) is 6.00. The van der Waals surface area contributed by atoms with Crippen LogP contribution in [0, 0.1) is 0 Å². The van der Waals surface area contributed by atoms with Crippen LogP contribution in [-0.2, 0) is 6.18 Å². The van der Waals surface area contributed by atoms with Crippen LogP contribution in [-0.4, -0.2) is 12.3 Å². The van der Waals surface area contributed by atoms with Crippen molar-refractivity contribution >= 4 is 33.1 Å². The van der Waals surface area contributed by atoms with E-state index in [2.05, 4.69) is 15.9 Å². The number of rotatable bonds is 1. The second-order valence-electron chi connectivity index (χ2n) is 5.38. The smallest absolute Gasteiger partial charge is 0.341 e. The van der Waals surface area contributed by atoms with Crippen LogP contribution in [0.15, 0.2) is 46.9 Å². The molecule has 0 amide bonds. The molecule has 0 aliphatic carbocycles. The number of nitrogens with zero attached hydrogens (tertiary/aromatic N) is 1. The molecule has 2 aromatic carbocycles. The van der Waals surface area contributed by atoms with Gasteiger partial charge < -0.3 is 4.90 Å². The van der Waals surface area contributed by atoms with E-state index in [4.69, 9.17) is 0 Å². The molecule has 23 heavy (non-hydrogen) atoms. The molecular weight excluding hydrogens is 371 g/mol. The summed E-state index contributed by atoms with van der Waals surface area (Å²) in [5.41, 5.74) is 1.30. The summed E-state index contributed by atoms with van der Waals surface area (Å²) in [6.45, 7) is 0.589. The molecule has 2 nitrogen and oxygen atoms in total. The monoisotopic (exact) mass is 383 g/mol. The van der Waals surface area contributed by atoms with Crippen molar-refractivity contribution in [3.8, 4) is 0 Å². The van der Waals surface area contributed by atoms with Gasteiger partial charge in [-0.05, 0) is 48.9 Å². The number of ketones is 1. The lowest BCUT2D eigenvalue weighted by molar-refractivity contribution is -0.137. The Hall–Kier alpha value is -1.82. The first-order valence-corrected chi connectivity index (χ1v) is 7.93. The van der Waals surface area contributed by atoms with Gasteiger partial charge in [-0.3, -0.25) is 4.79 Å². The van der Waals surface area contributed by atoms with Crippen molar-refractivity contribution in [3.63, 3.8) is 0 Å². The number of halogens is 4. The Labute approximate surface area is 140 Å². The third kappa shape index (κ3) is 3.27. The van der Waals surface area contributed by atoms with Gasteiger partial charge in [0.2, 0.25) is 0 Å². The molecule has 1 aliphatic heterocycles. The molecule has 0 radical (unpaired) electrons.